The van der Waals surface area contributed by atoms with Gasteiger partial charge < -0.3 is 14.2 Å². The summed E-state index contributed by atoms with van der Waals surface area (Å²) in [6, 6.07) is 15.3. The van der Waals surface area contributed by atoms with Crippen molar-refractivity contribution in [3.05, 3.63) is 65.5 Å². The number of carbonyl (C=O) groups excluding carboxylic acids is 1. The van der Waals surface area contributed by atoms with Crippen LogP contribution in [0.1, 0.15) is 34.7 Å². The van der Waals surface area contributed by atoms with Gasteiger partial charge in [-0.25, -0.2) is 0 Å². The SMILES string of the molecule is COc1ccc(-c2noc(CN(C)C(=O)c3ccc(CN4CCCC4)cc3)n2)cc1. The predicted molar refractivity (Wildman–Crippen MR) is 113 cm³/mol. The number of nitrogens with zero attached hydrogens (tertiary/aromatic N) is 4. The quantitative estimate of drug-likeness (QED) is 0.597. The maximum Gasteiger partial charge on any atom is 0.254 e. The lowest BCUT2D eigenvalue weighted by Gasteiger charge is -2.16. The number of rotatable bonds is 7. The Balaban J connectivity index is 1.36. The van der Waals surface area contributed by atoms with E-state index in [1.165, 1.54) is 18.4 Å². The van der Waals surface area contributed by atoms with Gasteiger partial charge in [-0.2, -0.15) is 4.98 Å². The molecular formula is C23H26N4O3. The summed E-state index contributed by atoms with van der Waals surface area (Å²) in [5, 5.41) is 4.02. The van der Waals surface area contributed by atoms with E-state index in [1.54, 1.807) is 19.1 Å². The fraction of sp³-hybridized carbons (Fsp3) is 0.348. The van der Waals surface area contributed by atoms with Crippen molar-refractivity contribution in [1.29, 1.82) is 0 Å². The van der Waals surface area contributed by atoms with Crippen molar-refractivity contribution in [2.75, 3.05) is 27.2 Å². The molecule has 0 radical (unpaired) electrons. The van der Waals surface area contributed by atoms with E-state index < -0.39 is 0 Å². The van der Waals surface area contributed by atoms with Crippen LogP contribution in [-0.4, -0.2) is 53.1 Å². The summed E-state index contributed by atoms with van der Waals surface area (Å²) in [6.07, 6.45) is 2.55. The molecule has 1 aliphatic heterocycles. The van der Waals surface area contributed by atoms with Crippen LogP contribution in [0.2, 0.25) is 0 Å². The highest BCUT2D eigenvalue weighted by Gasteiger charge is 2.17. The first-order valence-corrected chi connectivity index (χ1v) is 10.2. The van der Waals surface area contributed by atoms with Gasteiger partial charge in [0.05, 0.1) is 13.7 Å². The van der Waals surface area contributed by atoms with Crippen molar-refractivity contribution in [1.82, 2.24) is 19.9 Å². The van der Waals surface area contributed by atoms with Gasteiger partial charge in [0.25, 0.3) is 5.91 Å². The van der Waals surface area contributed by atoms with Crippen LogP contribution in [0.25, 0.3) is 11.4 Å². The lowest BCUT2D eigenvalue weighted by molar-refractivity contribution is 0.0769. The van der Waals surface area contributed by atoms with Crippen LogP contribution in [0.5, 0.6) is 5.75 Å². The Bertz CT molecular complexity index is 976. The van der Waals surface area contributed by atoms with Gasteiger partial charge in [0.2, 0.25) is 11.7 Å². The molecule has 2 aromatic carbocycles. The maximum atomic E-state index is 12.8. The van der Waals surface area contributed by atoms with Crippen LogP contribution >= 0.6 is 0 Å². The minimum Gasteiger partial charge on any atom is -0.497 e. The van der Waals surface area contributed by atoms with Gasteiger partial charge >= 0.3 is 0 Å². The Morgan fingerprint density at radius 1 is 1.10 bits per heavy atom. The lowest BCUT2D eigenvalue weighted by atomic mass is 10.1. The molecule has 0 spiro atoms. The van der Waals surface area contributed by atoms with E-state index in [0.29, 0.717) is 17.3 Å². The zero-order valence-corrected chi connectivity index (χ0v) is 17.4. The molecule has 4 rings (SSSR count). The van der Waals surface area contributed by atoms with Gasteiger partial charge in [-0.1, -0.05) is 17.3 Å². The van der Waals surface area contributed by atoms with Gasteiger partial charge in [0, 0.05) is 24.7 Å². The molecule has 1 aliphatic rings. The Kier molecular flexibility index (Phi) is 6.09. The fourth-order valence-electron chi connectivity index (χ4n) is 3.62. The average molecular weight is 406 g/mol. The van der Waals surface area contributed by atoms with E-state index in [0.717, 1.165) is 30.9 Å². The van der Waals surface area contributed by atoms with Crippen LogP contribution in [-0.2, 0) is 13.1 Å². The Morgan fingerprint density at radius 3 is 2.47 bits per heavy atom. The van der Waals surface area contributed by atoms with Gasteiger partial charge in [0.15, 0.2) is 0 Å². The second kappa shape index (κ2) is 9.09. The molecule has 1 fully saturated rings. The highest BCUT2D eigenvalue weighted by molar-refractivity contribution is 5.94. The number of benzene rings is 2. The van der Waals surface area contributed by atoms with Gasteiger partial charge in [-0.05, 0) is 67.9 Å². The molecule has 0 aliphatic carbocycles. The van der Waals surface area contributed by atoms with Crippen molar-refractivity contribution < 1.29 is 14.1 Å². The van der Waals surface area contributed by atoms with E-state index in [-0.39, 0.29) is 12.5 Å². The molecule has 156 valence electrons. The van der Waals surface area contributed by atoms with Crippen molar-refractivity contribution >= 4 is 5.91 Å². The zero-order chi connectivity index (χ0) is 20.9. The van der Waals surface area contributed by atoms with Gasteiger partial charge in [0.1, 0.15) is 5.75 Å². The topological polar surface area (TPSA) is 71.7 Å². The maximum absolute atomic E-state index is 12.8. The van der Waals surface area contributed by atoms with E-state index in [2.05, 4.69) is 15.0 Å². The first kappa shape index (κ1) is 20.1. The predicted octanol–water partition coefficient (Wildman–Crippen LogP) is 3.61. The van der Waals surface area contributed by atoms with Gasteiger partial charge in [-0.15, -0.1) is 0 Å². The van der Waals surface area contributed by atoms with Gasteiger partial charge in [-0.3, -0.25) is 9.69 Å². The summed E-state index contributed by atoms with van der Waals surface area (Å²) >= 11 is 0. The molecule has 3 aromatic rings. The van der Waals surface area contributed by atoms with E-state index in [9.17, 15) is 4.79 Å². The molecule has 0 bridgehead atoms. The summed E-state index contributed by atoms with van der Waals surface area (Å²) in [7, 11) is 3.35. The first-order valence-electron chi connectivity index (χ1n) is 10.2. The number of hydrogen-bond donors (Lipinski definition) is 0. The standard InChI is InChI=1S/C23H26N4O3/c1-26(16-21-24-22(25-30-21)18-9-11-20(29-2)12-10-18)23(28)19-7-5-17(6-8-19)15-27-13-3-4-14-27/h5-12H,3-4,13-16H2,1-2H3. The van der Waals surface area contributed by atoms with Crippen molar-refractivity contribution in [3.8, 4) is 17.1 Å². The van der Waals surface area contributed by atoms with Crippen LogP contribution in [0.4, 0.5) is 0 Å². The zero-order valence-electron chi connectivity index (χ0n) is 17.4. The monoisotopic (exact) mass is 406 g/mol. The van der Waals surface area contributed by atoms with Crippen molar-refractivity contribution in [2.24, 2.45) is 0 Å². The fourth-order valence-corrected chi connectivity index (χ4v) is 3.62. The molecule has 0 atom stereocenters. The highest BCUT2D eigenvalue weighted by Crippen LogP contribution is 2.20. The number of amides is 1. The second-order valence-corrected chi connectivity index (χ2v) is 7.58. The molecule has 1 aromatic heterocycles. The Morgan fingerprint density at radius 2 is 1.80 bits per heavy atom. The third-order valence-corrected chi connectivity index (χ3v) is 5.34. The molecule has 1 saturated heterocycles. The summed E-state index contributed by atoms with van der Waals surface area (Å²) in [4.78, 5) is 21.2. The van der Waals surface area contributed by atoms with Crippen LogP contribution < -0.4 is 4.74 Å². The summed E-state index contributed by atoms with van der Waals surface area (Å²) in [5.41, 5.74) is 2.71. The summed E-state index contributed by atoms with van der Waals surface area (Å²) < 4.78 is 10.5. The van der Waals surface area contributed by atoms with Crippen molar-refractivity contribution in [2.45, 2.75) is 25.9 Å². The molecule has 0 saturated carbocycles. The number of methoxy groups -OCH3 is 1. The second-order valence-electron chi connectivity index (χ2n) is 7.58. The highest BCUT2D eigenvalue weighted by atomic mass is 16.5. The lowest BCUT2D eigenvalue weighted by Crippen LogP contribution is -2.26. The first-order chi connectivity index (χ1) is 14.6. The third-order valence-electron chi connectivity index (χ3n) is 5.34. The largest absolute Gasteiger partial charge is 0.497 e. The summed E-state index contributed by atoms with van der Waals surface area (Å²) in [5.74, 6) is 1.56. The van der Waals surface area contributed by atoms with E-state index in [1.807, 2.05) is 48.5 Å². The van der Waals surface area contributed by atoms with Crippen molar-refractivity contribution in [3.63, 3.8) is 0 Å². The molecule has 2 heterocycles. The molecule has 7 heteroatoms. The molecule has 1 amide bonds. The normalized spacial score (nSPS) is 14.1. The Labute approximate surface area is 176 Å². The Hall–Kier alpha value is -3.19. The van der Waals surface area contributed by atoms with E-state index in [4.69, 9.17) is 9.26 Å². The number of ether oxygens (including phenoxy) is 1. The molecule has 0 unspecified atom stereocenters. The van der Waals surface area contributed by atoms with Crippen LogP contribution in [0.15, 0.2) is 53.1 Å². The smallest absolute Gasteiger partial charge is 0.254 e. The summed E-state index contributed by atoms with van der Waals surface area (Å²) in [6.45, 7) is 3.51. The minimum atomic E-state index is -0.0769. The van der Waals surface area contributed by atoms with Crippen LogP contribution in [0, 0.1) is 0 Å². The number of likely N-dealkylation sites (tertiary alicyclic amines) is 1. The molecule has 7 nitrogen and oxygen atoms in total. The minimum absolute atomic E-state index is 0.0769. The number of hydrogen-bond acceptors (Lipinski definition) is 6. The molecular weight excluding hydrogens is 380 g/mol. The number of carbonyl (C=O) groups is 1. The molecule has 30 heavy (non-hydrogen) atoms. The van der Waals surface area contributed by atoms with Crippen LogP contribution in [0.3, 0.4) is 0 Å². The average Bonchev–Trinajstić information content (AvgIpc) is 3.46. The third kappa shape index (κ3) is 4.68. The number of aromatic nitrogens is 2. The van der Waals surface area contributed by atoms with E-state index >= 15 is 0 Å². The molecule has 0 N–H and O–H groups in total.